The van der Waals surface area contributed by atoms with Crippen LogP contribution in [0.4, 0.5) is 0 Å². The highest BCUT2D eigenvalue weighted by Crippen LogP contribution is 2.50. The van der Waals surface area contributed by atoms with Crippen molar-refractivity contribution in [3.63, 3.8) is 0 Å². The van der Waals surface area contributed by atoms with Gasteiger partial charge in [0.1, 0.15) is 6.10 Å². The summed E-state index contributed by atoms with van der Waals surface area (Å²) in [5.41, 5.74) is 2.30. The maximum atomic E-state index is 11.8. The molecular formula is C15H20O3. The number of fused-ring (bicyclic) bond motifs is 3. The van der Waals surface area contributed by atoms with Crippen molar-refractivity contribution in [3.05, 3.63) is 23.8 Å². The SMILES string of the molecule is C=C1CC[C@H]2[C@@H](OC(=O)[C@H]2C)[C@@H]2C(CO)=CC[C@H]12. The predicted octanol–water partition coefficient (Wildman–Crippen LogP) is 2.07. The lowest BCUT2D eigenvalue weighted by atomic mass is 9.79. The van der Waals surface area contributed by atoms with Crippen LogP contribution in [0.2, 0.25) is 0 Å². The van der Waals surface area contributed by atoms with Gasteiger partial charge in [-0.15, -0.1) is 0 Å². The zero-order chi connectivity index (χ0) is 12.9. The van der Waals surface area contributed by atoms with Crippen molar-refractivity contribution in [3.8, 4) is 0 Å². The van der Waals surface area contributed by atoms with E-state index in [0.29, 0.717) is 5.92 Å². The topological polar surface area (TPSA) is 46.5 Å². The molecule has 3 aliphatic rings. The lowest BCUT2D eigenvalue weighted by molar-refractivity contribution is -0.145. The Morgan fingerprint density at radius 2 is 2.33 bits per heavy atom. The van der Waals surface area contributed by atoms with Gasteiger partial charge >= 0.3 is 5.97 Å². The molecule has 0 unspecified atom stereocenters. The largest absolute Gasteiger partial charge is 0.461 e. The molecule has 1 heterocycles. The number of rotatable bonds is 1. The molecule has 0 radical (unpaired) electrons. The van der Waals surface area contributed by atoms with Crippen LogP contribution >= 0.6 is 0 Å². The summed E-state index contributed by atoms with van der Waals surface area (Å²) in [5, 5.41) is 9.50. The zero-order valence-corrected chi connectivity index (χ0v) is 10.8. The van der Waals surface area contributed by atoms with Gasteiger partial charge in [0.05, 0.1) is 12.5 Å². The molecule has 3 heteroatoms. The van der Waals surface area contributed by atoms with Crippen molar-refractivity contribution in [2.24, 2.45) is 23.7 Å². The fourth-order valence-electron chi connectivity index (χ4n) is 3.93. The third-order valence-corrected chi connectivity index (χ3v) is 5.04. The Balaban J connectivity index is 1.97. The number of carbonyl (C=O) groups excluding carboxylic acids is 1. The summed E-state index contributed by atoms with van der Waals surface area (Å²) >= 11 is 0. The molecule has 3 nitrogen and oxygen atoms in total. The molecule has 18 heavy (non-hydrogen) atoms. The standard InChI is InChI=1S/C15H20O3/c1-8-3-5-12-9(2)15(17)18-14(12)13-10(7-16)4-6-11(8)13/h4,9,11-14,16H,1,3,5-7H2,2H3/t9-,11+,12+,13+,14+/m0/s1. The van der Waals surface area contributed by atoms with Gasteiger partial charge in [-0.1, -0.05) is 25.2 Å². The molecule has 1 N–H and O–H groups in total. The Morgan fingerprint density at radius 3 is 3.06 bits per heavy atom. The molecular weight excluding hydrogens is 228 g/mol. The van der Waals surface area contributed by atoms with E-state index in [4.69, 9.17) is 4.74 Å². The highest BCUT2D eigenvalue weighted by molar-refractivity contribution is 5.75. The summed E-state index contributed by atoms with van der Waals surface area (Å²) in [4.78, 5) is 11.8. The minimum Gasteiger partial charge on any atom is -0.461 e. The fraction of sp³-hybridized carbons (Fsp3) is 0.667. The van der Waals surface area contributed by atoms with E-state index in [2.05, 4.69) is 12.7 Å². The van der Waals surface area contributed by atoms with Gasteiger partial charge in [-0.2, -0.15) is 0 Å². The van der Waals surface area contributed by atoms with Gasteiger partial charge in [-0.3, -0.25) is 4.79 Å². The maximum absolute atomic E-state index is 11.8. The van der Waals surface area contributed by atoms with E-state index in [-0.39, 0.29) is 36.4 Å². The zero-order valence-electron chi connectivity index (χ0n) is 10.8. The first-order chi connectivity index (χ1) is 8.63. The van der Waals surface area contributed by atoms with Crippen LogP contribution in [0.25, 0.3) is 0 Å². The normalized spacial score (nSPS) is 43.0. The third-order valence-electron chi connectivity index (χ3n) is 5.04. The Hall–Kier alpha value is -1.09. The molecule has 2 aliphatic carbocycles. The van der Waals surface area contributed by atoms with Crippen LogP contribution in [0.3, 0.4) is 0 Å². The van der Waals surface area contributed by atoms with Gasteiger partial charge in [-0.05, 0) is 30.8 Å². The number of aliphatic hydroxyl groups excluding tert-OH is 1. The van der Waals surface area contributed by atoms with Crippen molar-refractivity contribution in [1.82, 2.24) is 0 Å². The molecule has 0 amide bonds. The van der Waals surface area contributed by atoms with Crippen LogP contribution in [0.15, 0.2) is 23.8 Å². The summed E-state index contributed by atoms with van der Waals surface area (Å²) in [6.07, 6.45) is 4.98. The summed E-state index contributed by atoms with van der Waals surface area (Å²) < 4.78 is 5.62. The van der Waals surface area contributed by atoms with Gasteiger partial charge in [0.15, 0.2) is 0 Å². The lowest BCUT2D eigenvalue weighted by Crippen LogP contribution is -2.31. The first kappa shape index (κ1) is 12.0. The van der Waals surface area contributed by atoms with Gasteiger partial charge < -0.3 is 9.84 Å². The van der Waals surface area contributed by atoms with Gasteiger partial charge in [0.2, 0.25) is 0 Å². The van der Waals surface area contributed by atoms with E-state index >= 15 is 0 Å². The van der Waals surface area contributed by atoms with Crippen LogP contribution in [0, 0.1) is 23.7 Å². The van der Waals surface area contributed by atoms with Crippen LogP contribution in [0.5, 0.6) is 0 Å². The van der Waals surface area contributed by atoms with E-state index in [1.165, 1.54) is 5.57 Å². The third kappa shape index (κ3) is 1.57. The Kier molecular flexibility index (Phi) is 2.81. The molecule has 0 aromatic heterocycles. The molecule has 0 spiro atoms. The fourth-order valence-corrected chi connectivity index (χ4v) is 3.93. The molecule has 1 saturated heterocycles. The Labute approximate surface area is 108 Å². The minimum atomic E-state index is -0.0690. The Morgan fingerprint density at radius 1 is 1.56 bits per heavy atom. The average molecular weight is 248 g/mol. The van der Waals surface area contributed by atoms with Crippen LogP contribution in [-0.4, -0.2) is 23.8 Å². The van der Waals surface area contributed by atoms with Crippen LogP contribution in [0.1, 0.15) is 26.2 Å². The van der Waals surface area contributed by atoms with Crippen molar-refractivity contribution >= 4 is 5.97 Å². The average Bonchev–Trinajstić information content (AvgIpc) is 2.86. The molecule has 98 valence electrons. The second kappa shape index (κ2) is 4.23. The molecule has 1 aliphatic heterocycles. The van der Waals surface area contributed by atoms with Crippen molar-refractivity contribution < 1.29 is 14.6 Å². The van der Waals surface area contributed by atoms with E-state index in [0.717, 1.165) is 24.8 Å². The summed E-state index contributed by atoms with van der Waals surface area (Å²) in [6, 6.07) is 0. The van der Waals surface area contributed by atoms with Crippen molar-refractivity contribution in [2.45, 2.75) is 32.3 Å². The van der Waals surface area contributed by atoms with E-state index < -0.39 is 0 Å². The van der Waals surface area contributed by atoms with E-state index in [1.54, 1.807) is 0 Å². The number of hydrogen-bond acceptors (Lipinski definition) is 3. The second-order valence-electron chi connectivity index (χ2n) is 5.86. The van der Waals surface area contributed by atoms with Crippen LogP contribution < -0.4 is 0 Å². The van der Waals surface area contributed by atoms with Crippen LogP contribution in [-0.2, 0) is 9.53 Å². The minimum absolute atomic E-state index is 0.0120. The molecule has 1 saturated carbocycles. The Bertz CT molecular complexity index is 423. The number of carbonyl (C=O) groups is 1. The summed E-state index contributed by atoms with van der Waals surface area (Å²) in [5.74, 6) is 0.740. The molecule has 2 fully saturated rings. The smallest absolute Gasteiger partial charge is 0.309 e. The molecule has 5 atom stereocenters. The van der Waals surface area contributed by atoms with Gasteiger partial charge in [-0.25, -0.2) is 0 Å². The maximum Gasteiger partial charge on any atom is 0.309 e. The quantitative estimate of drug-likeness (QED) is 0.571. The van der Waals surface area contributed by atoms with Crippen molar-refractivity contribution in [2.75, 3.05) is 6.61 Å². The molecule has 0 aromatic rings. The number of hydrogen-bond donors (Lipinski definition) is 1. The predicted molar refractivity (Wildman–Crippen MR) is 67.7 cm³/mol. The van der Waals surface area contributed by atoms with E-state index in [1.807, 2.05) is 6.92 Å². The van der Waals surface area contributed by atoms with Crippen molar-refractivity contribution in [1.29, 1.82) is 0 Å². The second-order valence-corrected chi connectivity index (χ2v) is 5.86. The van der Waals surface area contributed by atoms with Gasteiger partial charge in [0, 0.05) is 11.8 Å². The molecule has 3 rings (SSSR count). The molecule has 0 aromatic carbocycles. The summed E-state index contributed by atoms with van der Waals surface area (Å²) in [7, 11) is 0. The number of ether oxygens (including phenoxy) is 1. The van der Waals surface area contributed by atoms with Gasteiger partial charge in [0.25, 0.3) is 0 Å². The lowest BCUT2D eigenvalue weighted by Gasteiger charge is -2.28. The van der Waals surface area contributed by atoms with E-state index in [9.17, 15) is 9.90 Å². The highest BCUT2D eigenvalue weighted by Gasteiger charge is 2.51. The number of aliphatic hydroxyl groups is 1. The number of esters is 1. The molecule has 0 bridgehead atoms. The summed E-state index contributed by atoms with van der Waals surface area (Å²) in [6.45, 7) is 6.24. The number of allylic oxidation sites excluding steroid dienone is 2. The monoisotopic (exact) mass is 248 g/mol. The first-order valence-corrected chi connectivity index (χ1v) is 6.81. The first-order valence-electron chi connectivity index (χ1n) is 6.81. The highest BCUT2D eigenvalue weighted by atomic mass is 16.6.